The van der Waals surface area contributed by atoms with E-state index in [2.05, 4.69) is 16.8 Å². The standard InChI is InChI=1S/C23H26ClN3O3S/c1-2-26-13-11-17-14-20(9-10-22(17)26)31(29,30)27-12-5-7-19(16-27)23(28)25-15-18-6-3-4-8-21(18)24/h3-4,6,8-11,13-14,19H,2,5,7,12,15-16H2,1H3,(H,25,28)/t19-/m1/s1. The number of aryl methyl sites for hydroxylation is 1. The summed E-state index contributed by atoms with van der Waals surface area (Å²) in [5.41, 5.74) is 1.85. The van der Waals surface area contributed by atoms with Crippen LogP contribution in [-0.2, 0) is 27.9 Å². The molecule has 2 heterocycles. The molecule has 0 bridgehead atoms. The molecule has 0 aliphatic carbocycles. The highest BCUT2D eigenvalue weighted by Gasteiger charge is 2.33. The lowest BCUT2D eigenvalue weighted by atomic mass is 9.99. The molecule has 31 heavy (non-hydrogen) atoms. The molecule has 164 valence electrons. The van der Waals surface area contributed by atoms with E-state index in [-0.39, 0.29) is 23.3 Å². The fourth-order valence-corrected chi connectivity index (χ4v) is 5.87. The highest BCUT2D eigenvalue weighted by Crippen LogP contribution is 2.27. The molecule has 0 unspecified atom stereocenters. The minimum atomic E-state index is -3.67. The lowest BCUT2D eigenvalue weighted by molar-refractivity contribution is -0.126. The van der Waals surface area contributed by atoms with Crippen molar-refractivity contribution in [3.63, 3.8) is 0 Å². The van der Waals surface area contributed by atoms with E-state index in [0.717, 1.165) is 23.0 Å². The first-order valence-corrected chi connectivity index (χ1v) is 12.3. The molecule has 1 amide bonds. The first-order valence-electron chi connectivity index (χ1n) is 10.5. The quantitative estimate of drug-likeness (QED) is 0.604. The maximum Gasteiger partial charge on any atom is 0.243 e. The van der Waals surface area contributed by atoms with Crippen LogP contribution in [0.4, 0.5) is 0 Å². The largest absolute Gasteiger partial charge is 0.352 e. The molecule has 8 heteroatoms. The third-order valence-electron chi connectivity index (χ3n) is 5.89. The number of nitrogens with one attached hydrogen (secondary N) is 1. The van der Waals surface area contributed by atoms with E-state index in [9.17, 15) is 13.2 Å². The van der Waals surface area contributed by atoms with E-state index in [1.807, 2.05) is 36.5 Å². The van der Waals surface area contributed by atoms with Gasteiger partial charge in [0, 0.05) is 48.3 Å². The third-order valence-corrected chi connectivity index (χ3v) is 8.12. The van der Waals surface area contributed by atoms with Gasteiger partial charge in [-0.15, -0.1) is 0 Å². The van der Waals surface area contributed by atoms with Crippen LogP contribution in [0.1, 0.15) is 25.3 Å². The topological polar surface area (TPSA) is 71.4 Å². The van der Waals surface area contributed by atoms with E-state index < -0.39 is 10.0 Å². The van der Waals surface area contributed by atoms with Gasteiger partial charge in [-0.2, -0.15) is 4.31 Å². The molecule has 1 aromatic heterocycles. The van der Waals surface area contributed by atoms with Crippen LogP contribution in [0.25, 0.3) is 10.9 Å². The van der Waals surface area contributed by atoms with Gasteiger partial charge in [0.2, 0.25) is 15.9 Å². The Hall–Kier alpha value is -2.35. The molecule has 6 nitrogen and oxygen atoms in total. The fraction of sp³-hybridized carbons (Fsp3) is 0.348. The number of sulfonamides is 1. The van der Waals surface area contributed by atoms with E-state index in [4.69, 9.17) is 11.6 Å². The van der Waals surface area contributed by atoms with Gasteiger partial charge >= 0.3 is 0 Å². The number of halogens is 1. The Bertz CT molecular complexity index is 1210. The van der Waals surface area contributed by atoms with Gasteiger partial charge in [-0.25, -0.2) is 8.42 Å². The molecular formula is C23H26ClN3O3S. The van der Waals surface area contributed by atoms with Gasteiger partial charge in [-0.3, -0.25) is 4.79 Å². The van der Waals surface area contributed by atoms with Gasteiger partial charge in [-0.1, -0.05) is 29.8 Å². The Morgan fingerprint density at radius 1 is 1.19 bits per heavy atom. The first-order chi connectivity index (χ1) is 14.9. The van der Waals surface area contributed by atoms with Crippen LogP contribution in [0.2, 0.25) is 5.02 Å². The average Bonchev–Trinajstić information content (AvgIpc) is 3.21. The minimum Gasteiger partial charge on any atom is -0.352 e. The Balaban J connectivity index is 1.47. The Labute approximate surface area is 187 Å². The number of carbonyl (C=O) groups is 1. The van der Waals surface area contributed by atoms with Gasteiger partial charge in [0.05, 0.1) is 10.8 Å². The number of nitrogens with zero attached hydrogens (tertiary/aromatic N) is 2. The SMILES string of the molecule is CCn1ccc2cc(S(=O)(=O)N3CCC[C@@H](C(=O)NCc4ccccc4Cl)C3)ccc21. The third kappa shape index (κ3) is 4.49. The van der Waals surface area contributed by atoms with Crippen molar-refractivity contribution in [1.29, 1.82) is 0 Å². The number of piperidine rings is 1. The molecule has 3 aromatic rings. The predicted octanol–water partition coefficient (Wildman–Crippen LogP) is 4.03. The van der Waals surface area contributed by atoms with Crippen molar-refractivity contribution in [2.24, 2.45) is 5.92 Å². The van der Waals surface area contributed by atoms with Crippen LogP contribution in [0.15, 0.2) is 59.6 Å². The second kappa shape index (κ2) is 9.02. The maximum absolute atomic E-state index is 13.3. The Kier molecular flexibility index (Phi) is 6.36. The summed E-state index contributed by atoms with van der Waals surface area (Å²) in [5, 5.41) is 4.40. The van der Waals surface area contributed by atoms with E-state index >= 15 is 0 Å². The summed E-state index contributed by atoms with van der Waals surface area (Å²) in [6, 6.07) is 14.5. The van der Waals surface area contributed by atoms with Crippen molar-refractivity contribution in [1.82, 2.24) is 14.2 Å². The molecule has 1 fully saturated rings. The first kappa shape index (κ1) is 21.9. The van der Waals surface area contributed by atoms with Crippen LogP contribution < -0.4 is 5.32 Å². The summed E-state index contributed by atoms with van der Waals surface area (Å²) in [7, 11) is -3.67. The summed E-state index contributed by atoms with van der Waals surface area (Å²) in [6.07, 6.45) is 3.28. The molecule has 0 spiro atoms. The predicted molar refractivity (Wildman–Crippen MR) is 122 cm³/mol. The number of benzene rings is 2. The number of amides is 1. The molecule has 1 aliphatic rings. The zero-order valence-corrected chi connectivity index (χ0v) is 19.0. The summed E-state index contributed by atoms with van der Waals surface area (Å²) >= 11 is 6.16. The van der Waals surface area contributed by atoms with Gasteiger partial charge in [0.1, 0.15) is 0 Å². The lowest BCUT2D eigenvalue weighted by Crippen LogP contribution is -2.45. The van der Waals surface area contributed by atoms with Gasteiger partial charge in [0.15, 0.2) is 0 Å². The summed E-state index contributed by atoms with van der Waals surface area (Å²) in [4.78, 5) is 13.0. The average molecular weight is 460 g/mol. The van der Waals surface area contributed by atoms with Crippen molar-refractivity contribution in [3.05, 3.63) is 65.3 Å². The highest BCUT2D eigenvalue weighted by molar-refractivity contribution is 7.89. The van der Waals surface area contributed by atoms with Crippen molar-refractivity contribution in [2.75, 3.05) is 13.1 Å². The normalized spacial score (nSPS) is 17.7. The Morgan fingerprint density at radius 3 is 2.77 bits per heavy atom. The van der Waals surface area contributed by atoms with E-state index in [1.165, 1.54) is 4.31 Å². The van der Waals surface area contributed by atoms with Crippen LogP contribution in [0.3, 0.4) is 0 Å². The number of hydrogen-bond donors (Lipinski definition) is 1. The van der Waals surface area contributed by atoms with Crippen LogP contribution >= 0.6 is 11.6 Å². The van der Waals surface area contributed by atoms with Crippen LogP contribution in [0.5, 0.6) is 0 Å². The molecule has 1 saturated heterocycles. The second-order valence-corrected chi connectivity index (χ2v) is 10.2. The lowest BCUT2D eigenvalue weighted by Gasteiger charge is -2.31. The van der Waals surface area contributed by atoms with Gasteiger partial charge < -0.3 is 9.88 Å². The second-order valence-electron chi connectivity index (χ2n) is 7.83. The van der Waals surface area contributed by atoms with Crippen molar-refractivity contribution in [2.45, 2.75) is 37.8 Å². The van der Waals surface area contributed by atoms with Crippen LogP contribution in [0, 0.1) is 5.92 Å². The molecule has 1 N–H and O–H groups in total. The smallest absolute Gasteiger partial charge is 0.243 e. The molecule has 1 atom stereocenters. The molecule has 1 aliphatic heterocycles. The maximum atomic E-state index is 13.3. The number of hydrogen-bond acceptors (Lipinski definition) is 3. The van der Waals surface area contributed by atoms with Crippen LogP contribution in [-0.4, -0.2) is 36.3 Å². The molecule has 2 aromatic carbocycles. The molecule has 0 saturated carbocycles. The summed E-state index contributed by atoms with van der Waals surface area (Å²) < 4.78 is 30.1. The summed E-state index contributed by atoms with van der Waals surface area (Å²) in [6.45, 7) is 3.81. The minimum absolute atomic E-state index is 0.143. The fourth-order valence-electron chi connectivity index (χ4n) is 4.11. The van der Waals surface area contributed by atoms with Gasteiger partial charge in [-0.05, 0) is 55.7 Å². The molecular weight excluding hydrogens is 434 g/mol. The number of fused-ring (bicyclic) bond motifs is 1. The highest BCUT2D eigenvalue weighted by atomic mass is 35.5. The monoisotopic (exact) mass is 459 g/mol. The number of aromatic nitrogens is 1. The molecule has 0 radical (unpaired) electrons. The molecule has 4 rings (SSSR count). The van der Waals surface area contributed by atoms with E-state index in [0.29, 0.717) is 31.0 Å². The number of rotatable bonds is 6. The van der Waals surface area contributed by atoms with E-state index in [1.54, 1.807) is 18.2 Å². The van der Waals surface area contributed by atoms with Crippen molar-refractivity contribution in [3.8, 4) is 0 Å². The zero-order chi connectivity index (χ0) is 22.0. The van der Waals surface area contributed by atoms with Gasteiger partial charge in [0.25, 0.3) is 0 Å². The summed E-state index contributed by atoms with van der Waals surface area (Å²) in [5.74, 6) is -0.522. The van der Waals surface area contributed by atoms with Crippen molar-refractivity contribution >= 4 is 38.4 Å². The Morgan fingerprint density at radius 2 is 2.00 bits per heavy atom. The zero-order valence-electron chi connectivity index (χ0n) is 17.4. The number of carbonyl (C=O) groups excluding carboxylic acids is 1. The van der Waals surface area contributed by atoms with Crippen molar-refractivity contribution < 1.29 is 13.2 Å².